The number of carbonyl (C=O) groups is 3. The molecule has 35 heavy (non-hydrogen) atoms. The molecule has 2 N–H and O–H groups in total. The van der Waals surface area contributed by atoms with Crippen LogP contribution in [0.25, 0.3) is 0 Å². The van der Waals surface area contributed by atoms with Gasteiger partial charge in [-0.3, -0.25) is 9.59 Å². The molecule has 2 aromatic carbocycles. The average Bonchev–Trinajstić information content (AvgIpc) is 3.53. The Hall–Kier alpha value is -4.61. The predicted molar refractivity (Wildman–Crippen MR) is 134 cm³/mol. The Morgan fingerprint density at radius 2 is 1.63 bits per heavy atom. The number of benzene rings is 2. The molecule has 0 atom stereocenters. The lowest BCUT2D eigenvalue weighted by molar-refractivity contribution is 0.0600. The van der Waals surface area contributed by atoms with Gasteiger partial charge in [0.05, 0.1) is 28.8 Å². The summed E-state index contributed by atoms with van der Waals surface area (Å²) < 4.78 is 9.83. The van der Waals surface area contributed by atoms with E-state index in [2.05, 4.69) is 22.5 Å². The van der Waals surface area contributed by atoms with Crippen molar-refractivity contribution in [2.24, 2.45) is 0 Å². The van der Waals surface area contributed by atoms with Gasteiger partial charge in [0, 0.05) is 16.8 Å². The Morgan fingerprint density at radius 1 is 0.886 bits per heavy atom. The second-order valence-electron chi connectivity index (χ2n) is 7.41. The molecule has 0 aliphatic carbocycles. The van der Waals surface area contributed by atoms with E-state index in [0.29, 0.717) is 32.3 Å². The first-order valence-electron chi connectivity index (χ1n) is 10.5. The Morgan fingerprint density at radius 3 is 2.34 bits per heavy atom. The number of esters is 1. The third-order valence-electron chi connectivity index (χ3n) is 4.86. The quantitative estimate of drug-likeness (QED) is 0.294. The molecule has 2 amide bonds. The van der Waals surface area contributed by atoms with E-state index in [0.717, 1.165) is 5.56 Å². The van der Waals surface area contributed by atoms with Gasteiger partial charge in [0.25, 0.3) is 11.8 Å². The number of nitrogens with one attached hydrogen (secondary N) is 2. The van der Waals surface area contributed by atoms with E-state index >= 15 is 0 Å². The third kappa shape index (κ3) is 5.85. The van der Waals surface area contributed by atoms with Gasteiger partial charge in [0.15, 0.2) is 5.76 Å². The number of anilines is 2. The molecule has 0 unspecified atom stereocenters. The van der Waals surface area contributed by atoms with Crippen LogP contribution in [0.15, 0.2) is 77.4 Å². The molecular formula is C27H20N2O5S. The molecule has 0 bridgehead atoms. The molecule has 7 nitrogen and oxygen atoms in total. The fraction of sp³-hybridized carbons (Fsp3) is 0.0741. The Balaban J connectivity index is 1.45. The molecule has 2 aromatic heterocycles. The van der Waals surface area contributed by atoms with Gasteiger partial charge in [-0.2, -0.15) is 0 Å². The maximum Gasteiger partial charge on any atom is 0.337 e. The van der Waals surface area contributed by atoms with Crippen LogP contribution in [0.1, 0.15) is 47.3 Å². The van der Waals surface area contributed by atoms with Crippen molar-refractivity contribution in [2.75, 3.05) is 17.7 Å². The van der Waals surface area contributed by atoms with Crippen molar-refractivity contribution in [3.05, 3.63) is 106 Å². The van der Waals surface area contributed by atoms with E-state index in [-0.39, 0.29) is 17.6 Å². The number of rotatable bonds is 5. The average molecular weight is 485 g/mol. The van der Waals surface area contributed by atoms with Crippen LogP contribution >= 0.6 is 11.3 Å². The highest BCUT2D eigenvalue weighted by molar-refractivity contribution is 7.18. The van der Waals surface area contributed by atoms with Gasteiger partial charge >= 0.3 is 5.97 Å². The topological polar surface area (TPSA) is 97.6 Å². The lowest BCUT2D eigenvalue weighted by atomic mass is 10.1. The van der Waals surface area contributed by atoms with Gasteiger partial charge in [-0.1, -0.05) is 24.0 Å². The highest BCUT2D eigenvalue weighted by Crippen LogP contribution is 2.28. The normalized spacial score (nSPS) is 10.1. The van der Waals surface area contributed by atoms with Crippen LogP contribution in [-0.4, -0.2) is 24.9 Å². The van der Waals surface area contributed by atoms with Crippen molar-refractivity contribution in [2.45, 2.75) is 6.92 Å². The van der Waals surface area contributed by atoms with Crippen molar-refractivity contribution in [3.8, 4) is 11.8 Å². The Labute approximate surface area is 205 Å². The van der Waals surface area contributed by atoms with E-state index in [1.165, 1.54) is 24.7 Å². The van der Waals surface area contributed by atoms with Gasteiger partial charge < -0.3 is 19.8 Å². The SMILES string of the molecule is COC(=O)c1cccc(C#Cc2cccc(NC(=O)c3sc(NC(=O)c4ccco4)cc3C)c2)c1. The molecule has 0 radical (unpaired) electrons. The summed E-state index contributed by atoms with van der Waals surface area (Å²) in [5, 5.41) is 6.16. The summed E-state index contributed by atoms with van der Waals surface area (Å²) in [4.78, 5) is 37.2. The van der Waals surface area contributed by atoms with Crippen LogP contribution in [0.4, 0.5) is 10.7 Å². The van der Waals surface area contributed by atoms with E-state index in [4.69, 9.17) is 9.15 Å². The Kier molecular flexibility index (Phi) is 7.10. The minimum atomic E-state index is -0.425. The second kappa shape index (κ2) is 10.5. The zero-order valence-corrected chi connectivity index (χ0v) is 19.7. The smallest absolute Gasteiger partial charge is 0.337 e. The van der Waals surface area contributed by atoms with E-state index < -0.39 is 5.97 Å². The number of aryl methyl sites for hydroxylation is 1. The molecule has 0 aliphatic rings. The number of ether oxygens (including phenoxy) is 1. The first-order valence-corrected chi connectivity index (χ1v) is 11.3. The first-order chi connectivity index (χ1) is 16.9. The molecule has 4 aromatic rings. The highest BCUT2D eigenvalue weighted by Gasteiger charge is 2.17. The summed E-state index contributed by atoms with van der Waals surface area (Å²) in [7, 11) is 1.33. The molecule has 0 saturated heterocycles. The zero-order valence-electron chi connectivity index (χ0n) is 18.9. The fourth-order valence-electron chi connectivity index (χ4n) is 3.20. The van der Waals surface area contributed by atoms with E-state index in [1.807, 2.05) is 6.07 Å². The van der Waals surface area contributed by atoms with E-state index in [1.54, 1.807) is 67.6 Å². The number of furan rings is 1. The summed E-state index contributed by atoms with van der Waals surface area (Å²) >= 11 is 1.18. The number of thiophene rings is 1. The molecule has 0 saturated carbocycles. The van der Waals surface area contributed by atoms with Crippen molar-refractivity contribution in [1.82, 2.24) is 0 Å². The van der Waals surface area contributed by atoms with E-state index in [9.17, 15) is 14.4 Å². The number of amides is 2. The third-order valence-corrected chi connectivity index (χ3v) is 6.01. The van der Waals surface area contributed by atoms with Gasteiger partial charge in [-0.05, 0) is 67.1 Å². The van der Waals surface area contributed by atoms with Gasteiger partial charge in [-0.15, -0.1) is 11.3 Å². The molecule has 4 rings (SSSR count). The van der Waals surface area contributed by atoms with Crippen LogP contribution in [0.3, 0.4) is 0 Å². The molecular weight excluding hydrogens is 464 g/mol. The van der Waals surface area contributed by atoms with Crippen LogP contribution in [0.2, 0.25) is 0 Å². The summed E-state index contributed by atoms with van der Waals surface area (Å²) in [5.74, 6) is 5.15. The minimum absolute atomic E-state index is 0.192. The van der Waals surface area contributed by atoms with Gasteiger partial charge in [-0.25, -0.2) is 4.79 Å². The molecule has 8 heteroatoms. The first kappa shape index (κ1) is 23.5. The predicted octanol–water partition coefficient (Wildman–Crippen LogP) is 5.34. The summed E-state index contributed by atoms with van der Waals surface area (Å²) in [6.45, 7) is 1.80. The van der Waals surface area contributed by atoms with Crippen LogP contribution < -0.4 is 10.6 Å². The second-order valence-corrected chi connectivity index (χ2v) is 8.46. The minimum Gasteiger partial charge on any atom is -0.465 e. The number of methoxy groups -OCH3 is 1. The maximum atomic E-state index is 12.9. The van der Waals surface area contributed by atoms with Crippen LogP contribution in [0.5, 0.6) is 0 Å². The van der Waals surface area contributed by atoms with Crippen molar-refractivity contribution in [1.29, 1.82) is 0 Å². The molecule has 0 fully saturated rings. The molecule has 0 aliphatic heterocycles. The van der Waals surface area contributed by atoms with Crippen molar-refractivity contribution < 1.29 is 23.5 Å². The summed E-state index contributed by atoms with van der Waals surface area (Å²) in [6.07, 6.45) is 1.42. The standard InChI is InChI=1S/C27H20N2O5S/c1-17-14-23(29-25(30)22-10-5-13-34-22)35-24(17)26(31)28-21-9-4-7-19(16-21)12-11-18-6-3-8-20(15-18)27(32)33-2/h3-10,13-16H,1-2H3,(H,28,31)(H,29,30). The monoisotopic (exact) mass is 484 g/mol. The van der Waals surface area contributed by atoms with Crippen LogP contribution in [-0.2, 0) is 4.74 Å². The van der Waals surface area contributed by atoms with Crippen molar-refractivity contribution in [3.63, 3.8) is 0 Å². The highest BCUT2D eigenvalue weighted by atomic mass is 32.1. The lowest BCUT2D eigenvalue weighted by Gasteiger charge is -2.05. The van der Waals surface area contributed by atoms with Crippen molar-refractivity contribution >= 4 is 39.8 Å². The number of hydrogen-bond donors (Lipinski definition) is 2. The molecule has 174 valence electrons. The lowest BCUT2D eigenvalue weighted by Crippen LogP contribution is -2.11. The van der Waals surface area contributed by atoms with Crippen LogP contribution in [0, 0.1) is 18.8 Å². The summed E-state index contributed by atoms with van der Waals surface area (Å²) in [5.41, 5.74) is 3.11. The van der Waals surface area contributed by atoms with Gasteiger partial charge in [0.2, 0.25) is 0 Å². The molecule has 0 spiro atoms. The molecule has 2 heterocycles. The fourth-order valence-corrected chi connectivity index (χ4v) is 4.16. The number of carbonyl (C=O) groups excluding carboxylic acids is 3. The maximum absolute atomic E-state index is 12.9. The zero-order chi connectivity index (χ0) is 24.8. The number of hydrogen-bond acceptors (Lipinski definition) is 6. The Bertz CT molecular complexity index is 1460. The van der Waals surface area contributed by atoms with Gasteiger partial charge in [0.1, 0.15) is 0 Å². The summed E-state index contributed by atoms with van der Waals surface area (Å²) in [6, 6.07) is 18.9. The largest absolute Gasteiger partial charge is 0.465 e.